The van der Waals surface area contributed by atoms with Gasteiger partial charge in [-0.25, -0.2) is 0 Å². The maximum absolute atomic E-state index is 4.45. The van der Waals surface area contributed by atoms with E-state index in [9.17, 15) is 0 Å². The molecule has 0 spiro atoms. The quantitative estimate of drug-likeness (QED) is 0.146. The highest BCUT2D eigenvalue weighted by molar-refractivity contribution is 5.76. The summed E-state index contributed by atoms with van der Waals surface area (Å²) in [5.74, 6) is 0. The van der Waals surface area contributed by atoms with Gasteiger partial charge in [0.25, 0.3) is 0 Å². The van der Waals surface area contributed by atoms with Gasteiger partial charge in [0, 0.05) is 23.5 Å². The summed E-state index contributed by atoms with van der Waals surface area (Å²) in [6.07, 6.45) is 0. The molecule has 3 nitrogen and oxygen atoms in total. The zero-order chi connectivity index (χ0) is 34.1. The van der Waals surface area contributed by atoms with Crippen LogP contribution in [0.3, 0.4) is 0 Å². The number of fused-ring (bicyclic) bond motifs is 9. The Balaban J connectivity index is 1.40. The molecule has 3 atom stereocenters. The van der Waals surface area contributed by atoms with Crippen molar-refractivity contribution in [2.75, 3.05) is 0 Å². The fraction of sp³-hybridized carbons (Fsp3) is 0.234. The summed E-state index contributed by atoms with van der Waals surface area (Å²) in [5.41, 5.74) is 9.70. The molecule has 3 aliphatic rings. The van der Waals surface area contributed by atoms with Crippen LogP contribution in [0.1, 0.15) is 95.9 Å². The summed E-state index contributed by atoms with van der Waals surface area (Å²) in [6.45, 7) is 9.58. The van der Waals surface area contributed by atoms with Gasteiger partial charge in [0.15, 0.2) is 0 Å². The molecule has 0 fully saturated rings. The molecule has 0 amide bonds. The minimum absolute atomic E-state index is 0.0718. The SMILES string of the molecule is C[C@@H](NC12c3ccccc3C3(N[C@H](C)c4ccccc4)c4ccccc4C(N[C@H](C)c4ccccc4)(c4ccccc41)C23C)c1ccccc1. The van der Waals surface area contributed by atoms with Crippen LogP contribution in [0.5, 0.6) is 0 Å². The second-order valence-electron chi connectivity index (χ2n) is 14.8. The Bertz CT molecular complexity index is 1860. The van der Waals surface area contributed by atoms with E-state index in [2.05, 4.69) is 207 Å². The second-order valence-corrected chi connectivity index (χ2v) is 14.8. The van der Waals surface area contributed by atoms with Gasteiger partial charge in [-0.2, -0.15) is 0 Å². The van der Waals surface area contributed by atoms with Crippen molar-refractivity contribution in [3.8, 4) is 0 Å². The molecule has 3 aliphatic carbocycles. The van der Waals surface area contributed by atoms with Gasteiger partial charge < -0.3 is 0 Å². The lowest BCUT2D eigenvalue weighted by molar-refractivity contribution is 0.00282. The standard InChI is InChI=1S/C47H45N3/c1-32(35-20-8-5-9-21-35)48-45-38-26-14-16-28-40(38)46(49-33(2)36-22-10-6-11-23-36)42-30-18-19-31-43(42)47(44(45,46)4,41-29-17-15-27-39(41)45)50-34(3)37-24-12-7-13-25-37/h5-34,48-50H,1-4H3/t32-,33-,34-,44?,45?,46?,47?/m1/s1. The maximum atomic E-state index is 4.45. The molecule has 0 aliphatic heterocycles. The summed E-state index contributed by atoms with van der Waals surface area (Å²) in [5, 5.41) is 13.4. The first-order valence-corrected chi connectivity index (χ1v) is 18.2. The summed E-state index contributed by atoms with van der Waals surface area (Å²) in [6, 6.07) is 60.9. The highest BCUT2D eigenvalue weighted by Gasteiger charge is 2.84. The average molecular weight is 652 g/mol. The molecular formula is C47H45N3. The second kappa shape index (κ2) is 11.4. The fourth-order valence-corrected chi connectivity index (χ4v) is 10.7. The third kappa shape index (κ3) is 3.80. The fourth-order valence-electron chi connectivity index (χ4n) is 10.7. The molecule has 0 unspecified atom stereocenters. The topological polar surface area (TPSA) is 36.1 Å². The number of rotatable bonds is 9. The highest BCUT2D eigenvalue weighted by Crippen LogP contribution is 2.80. The van der Waals surface area contributed by atoms with Gasteiger partial charge in [0.05, 0.1) is 16.6 Å². The molecule has 0 heterocycles. The van der Waals surface area contributed by atoms with Crippen molar-refractivity contribution in [1.82, 2.24) is 16.0 Å². The van der Waals surface area contributed by atoms with Crippen molar-refractivity contribution in [1.29, 1.82) is 0 Å². The number of hydrogen-bond donors (Lipinski definition) is 3. The molecule has 3 heteroatoms. The minimum atomic E-state index is -0.568. The Morgan fingerprint density at radius 3 is 0.740 bits per heavy atom. The van der Waals surface area contributed by atoms with Gasteiger partial charge in [0.1, 0.15) is 0 Å². The van der Waals surface area contributed by atoms with E-state index in [0.717, 1.165) is 0 Å². The molecule has 9 rings (SSSR count). The Morgan fingerprint density at radius 1 is 0.320 bits per heavy atom. The van der Waals surface area contributed by atoms with Crippen molar-refractivity contribution >= 4 is 0 Å². The van der Waals surface area contributed by atoms with E-state index in [4.69, 9.17) is 0 Å². The molecule has 0 saturated heterocycles. The van der Waals surface area contributed by atoms with Gasteiger partial charge in [-0.1, -0.05) is 171 Å². The van der Waals surface area contributed by atoms with E-state index in [0.29, 0.717) is 0 Å². The minimum Gasteiger partial charge on any atom is -0.296 e. The summed E-state index contributed by atoms with van der Waals surface area (Å²) < 4.78 is 0. The molecule has 248 valence electrons. The van der Waals surface area contributed by atoms with Gasteiger partial charge in [-0.3, -0.25) is 16.0 Å². The van der Waals surface area contributed by atoms with Gasteiger partial charge in [0.2, 0.25) is 0 Å². The predicted octanol–water partition coefficient (Wildman–Crippen LogP) is 9.82. The van der Waals surface area contributed by atoms with Crippen LogP contribution in [0.2, 0.25) is 0 Å². The Hall–Kier alpha value is -4.80. The van der Waals surface area contributed by atoms with E-state index in [1.165, 1.54) is 50.1 Å². The van der Waals surface area contributed by atoms with Crippen molar-refractivity contribution in [2.45, 2.75) is 62.4 Å². The van der Waals surface area contributed by atoms with E-state index in [1.54, 1.807) is 0 Å². The molecule has 0 aromatic heterocycles. The normalized spacial score (nSPS) is 27.1. The van der Waals surface area contributed by atoms with Crippen LogP contribution >= 0.6 is 0 Å². The third-order valence-electron chi connectivity index (χ3n) is 12.7. The monoisotopic (exact) mass is 651 g/mol. The van der Waals surface area contributed by atoms with Crippen LogP contribution in [0.15, 0.2) is 164 Å². The van der Waals surface area contributed by atoms with Gasteiger partial charge in [-0.05, 0) is 70.8 Å². The molecule has 6 aromatic carbocycles. The molecule has 0 bridgehead atoms. The first-order valence-electron chi connectivity index (χ1n) is 18.2. The third-order valence-corrected chi connectivity index (χ3v) is 12.7. The lowest BCUT2D eigenvalue weighted by Crippen LogP contribution is -2.67. The molecule has 6 aromatic rings. The first-order chi connectivity index (χ1) is 24.4. The number of nitrogens with one attached hydrogen (secondary N) is 3. The molecular weight excluding hydrogens is 607 g/mol. The van der Waals surface area contributed by atoms with Gasteiger partial charge in [-0.15, -0.1) is 0 Å². The Kier molecular flexibility index (Phi) is 7.09. The van der Waals surface area contributed by atoms with Crippen molar-refractivity contribution in [3.63, 3.8) is 0 Å². The van der Waals surface area contributed by atoms with Crippen LogP contribution in [0.25, 0.3) is 0 Å². The smallest absolute Gasteiger partial charge is 0.0806 e. The van der Waals surface area contributed by atoms with E-state index < -0.39 is 22.0 Å². The van der Waals surface area contributed by atoms with Crippen LogP contribution < -0.4 is 16.0 Å². The van der Waals surface area contributed by atoms with Crippen molar-refractivity contribution < 1.29 is 0 Å². The zero-order valence-electron chi connectivity index (χ0n) is 29.3. The highest BCUT2D eigenvalue weighted by atomic mass is 15.2. The summed E-state index contributed by atoms with van der Waals surface area (Å²) >= 11 is 0. The average Bonchev–Trinajstić information content (AvgIpc) is 3.58. The van der Waals surface area contributed by atoms with Crippen LogP contribution in [0, 0.1) is 5.41 Å². The molecule has 0 saturated carbocycles. The first kappa shape index (κ1) is 31.2. The van der Waals surface area contributed by atoms with E-state index in [-0.39, 0.29) is 18.1 Å². The molecule has 0 radical (unpaired) electrons. The van der Waals surface area contributed by atoms with Crippen LogP contribution in [0.4, 0.5) is 0 Å². The van der Waals surface area contributed by atoms with Crippen molar-refractivity contribution in [3.05, 3.63) is 214 Å². The molecule has 3 N–H and O–H groups in total. The summed E-state index contributed by atoms with van der Waals surface area (Å²) in [7, 11) is 0. The van der Waals surface area contributed by atoms with Crippen LogP contribution in [-0.4, -0.2) is 0 Å². The largest absolute Gasteiger partial charge is 0.296 e. The van der Waals surface area contributed by atoms with Crippen LogP contribution in [-0.2, 0) is 16.6 Å². The van der Waals surface area contributed by atoms with E-state index >= 15 is 0 Å². The molecule has 50 heavy (non-hydrogen) atoms. The number of hydrogen-bond acceptors (Lipinski definition) is 3. The zero-order valence-corrected chi connectivity index (χ0v) is 29.3. The Morgan fingerprint density at radius 2 is 0.520 bits per heavy atom. The lowest BCUT2D eigenvalue weighted by Gasteiger charge is -2.55. The summed E-state index contributed by atoms with van der Waals surface area (Å²) in [4.78, 5) is 0. The lowest BCUT2D eigenvalue weighted by atomic mass is 9.58. The number of benzene rings is 6. The Labute approximate surface area is 296 Å². The predicted molar refractivity (Wildman–Crippen MR) is 204 cm³/mol. The van der Waals surface area contributed by atoms with Crippen molar-refractivity contribution in [2.24, 2.45) is 5.41 Å². The van der Waals surface area contributed by atoms with Gasteiger partial charge >= 0.3 is 0 Å². The van der Waals surface area contributed by atoms with E-state index in [1.807, 2.05) is 0 Å². The maximum Gasteiger partial charge on any atom is 0.0806 e.